The van der Waals surface area contributed by atoms with Crippen LogP contribution in [0.5, 0.6) is 0 Å². The number of urea groups is 1. The molecule has 128 valence electrons. The topological polar surface area (TPSA) is 59.1 Å². The normalized spacial score (nSPS) is 17.0. The van der Waals surface area contributed by atoms with Crippen LogP contribution in [0.15, 0.2) is 24.3 Å². The fourth-order valence-corrected chi connectivity index (χ4v) is 2.80. The number of likely N-dealkylation sites (N-methyl/N-ethyl adjacent to an activating group) is 2. The van der Waals surface area contributed by atoms with Crippen molar-refractivity contribution in [3.63, 3.8) is 0 Å². The molecule has 0 aliphatic carbocycles. The van der Waals surface area contributed by atoms with Crippen LogP contribution in [-0.2, 0) is 6.54 Å². The van der Waals surface area contributed by atoms with Gasteiger partial charge in [-0.05, 0) is 25.6 Å². The monoisotopic (exact) mass is 320 g/mol. The van der Waals surface area contributed by atoms with Crippen LogP contribution in [0.25, 0.3) is 0 Å². The van der Waals surface area contributed by atoms with E-state index in [1.165, 1.54) is 10.6 Å². The summed E-state index contributed by atoms with van der Waals surface area (Å²) in [6, 6.07) is 8.05. The number of amides is 2. The van der Waals surface area contributed by atoms with Crippen molar-refractivity contribution >= 4 is 11.7 Å². The molecule has 0 unspecified atom stereocenters. The van der Waals surface area contributed by atoms with Crippen molar-refractivity contribution in [3.8, 4) is 0 Å². The Labute approximate surface area is 138 Å². The van der Waals surface area contributed by atoms with Crippen molar-refractivity contribution in [1.82, 2.24) is 15.1 Å². The number of anilines is 1. The molecule has 0 aromatic heterocycles. The highest BCUT2D eigenvalue weighted by Gasteiger charge is 2.17. The number of carbonyl (C=O) groups excluding carboxylic acids is 1. The molecule has 1 aromatic carbocycles. The van der Waals surface area contributed by atoms with Gasteiger partial charge in [0.2, 0.25) is 0 Å². The van der Waals surface area contributed by atoms with E-state index in [-0.39, 0.29) is 6.03 Å². The summed E-state index contributed by atoms with van der Waals surface area (Å²) in [7, 11) is 3.83. The third-order valence-electron chi connectivity index (χ3n) is 4.15. The molecule has 1 heterocycles. The summed E-state index contributed by atoms with van der Waals surface area (Å²) in [4.78, 5) is 18.3. The Hall–Kier alpha value is -1.79. The van der Waals surface area contributed by atoms with Gasteiger partial charge in [0, 0.05) is 52.0 Å². The van der Waals surface area contributed by atoms with Gasteiger partial charge in [-0.25, -0.2) is 4.79 Å². The lowest BCUT2D eigenvalue weighted by molar-refractivity contribution is 0.143. The minimum Gasteiger partial charge on any atom is -0.392 e. The van der Waals surface area contributed by atoms with Crippen molar-refractivity contribution < 1.29 is 9.90 Å². The maximum Gasteiger partial charge on any atom is 0.317 e. The molecule has 1 saturated heterocycles. The molecule has 0 saturated carbocycles. The van der Waals surface area contributed by atoms with Crippen LogP contribution in [-0.4, -0.2) is 73.9 Å². The molecule has 23 heavy (non-hydrogen) atoms. The Morgan fingerprint density at radius 3 is 2.61 bits per heavy atom. The van der Waals surface area contributed by atoms with Crippen LogP contribution in [0.3, 0.4) is 0 Å². The number of aliphatic hydroxyl groups excluding tert-OH is 1. The zero-order chi connectivity index (χ0) is 16.8. The van der Waals surface area contributed by atoms with Gasteiger partial charge in [-0.15, -0.1) is 0 Å². The fourth-order valence-electron chi connectivity index (χ4n) is 2.80. The molecule has 2 rings (SSSR count). The standard InChI is InChI=1S/C17H28N4O2/c1-14(22)13-20(3)17(23)18-12-15-6-4-5-7-16(15)21-10-8-19(2)9-11-21/h4-7,14,22H,8-13H2,1-3H3,(H,18,23)/t14-/m1/s1. The third-order valence-corrected chi connectivity index (χ3v) is 4.15. The molecule has 2 amide bonds. The molecule has 1 fully saturated rings. The van der Waals surface area contributed by atoms with Gasteiger partial charge in [0.1, 0.15) is 0 Å². The predicted octanol–water partition coefficient (Wildman–Crippen LogP) is 0.961. The first-order valence-corrected chi connectivity index (χ1v) is 8.16. The fraction of sp³-hybridized carbons (Fsp3) is 0.588. The molecular formula is C17H28N4O2. The Balaban J connectivity index is 1.96. The number of hydrogen-bond acceptors (Lipinski definition) is 4. The van der Waals surface area contributed by atoms with Gasteiger partial charge < -0.3 is 25.1 Å². The Kier molecular flexibility index (Phi) is 6.24. The van der Waals surface area contributed by atoms with Gasteiger partial charge in [-0.2, -0.15) is 0 Å². The van der Waals surface area contributed by atoms with Crippen molar-refractivity contribution in [2.45, 2.75) is 19.6 Å². The molecule has 6 nitrogen and oxygen atoms in total. The summed E-state index contributed by atoms with van der Waals surface area (Å²) < 4.78 is 0. The second kappa shape index (κ2) is 8.17. The SMILES string of the molecule is C[C@@H](O)CN(C)C(=O)NCc1ccccc1N1CCN(C)CC1. The first-order valence-electron chi connectivity index (χ1n) is 8.16. The maximum atomic E-state index is 12.1. The summed E-state index contributed by atoms with van der Waals surface area (Å²) >= 11 is 0. The number of benzene rings is 1. The molecule has 1 aliphatic rings. The first kappa shape index (κ1) is 17.6. The van der Waals surface area contributed by atoms with Crippen LogP contribution in [0, 0.1) is 0 Å². The average Bonchev–Trinajstić information content (AvgIpc) is 2.53. The van der Waals surface area contributed by atoms with Gasteiger partial charge in [0.25, 0.3) is 0 Å². The first-order chi connectivity index (χ1) is 11.0. The highest BCUT2D eigenvalue weighted by atomic mass is 16.3. The molecule has 1 aromatic rings. The van der Waals surface area contributed by atoms with Crippen LogP contribution in [0.1, 0.15) is 12.5 Å². The largest absolute Gasteiger partial charge is 0.392 e. The second-order valence-electron chi connectivity index (χ2n) is 6.31. The zero-order valence-electron chi connectivity index (χ0n) is 14.3. The van der Waals surface area contributed by atoms with E-state index in [2.05, 4.69) is 34.3 Å². The van der Waals surface area contributed by atoms with Crippen LogP contribution >= 0.6 is 0 Å². The van der Waals surface area contributed by atoms with Crippen molar-refractivity contribution in [3.05, 3.63) is 29.8 Å². The van der Waals surface area contributed by atoms with Gasteiger partial charge in [-0.3, -0.25) is 0 Å². The van der Waals surface area contributed by atoms with Crippen molar-refractivity contribution in [1.29, 1.82) is 0 Å². The van der Waals surface area contributed by atoms with E-state index in [1.807, 2.05) is 12.1 Å². The summed E-state index contributed by atoms with van der Waals surface area (Å²) in [5.41, 5.74) is 2.31. The average molecular weight is 320 g/mol. The Bertz CT molecular complexity index is 513. The van der Waals surface area contributed by atoms with Crippen molar-refractivity contribution in [2.75, 3.05) is 51.7 Å². The maximum absolute atomic E-state index is 12.1. The van der Waals surface area contributed by atoms with E-state index in [0.717, 1.165) is 31.7 Å². The number of piperazine rings is 1. The number of rotatable bonds is 5. The molecule has 0 bridgehead atoms. The van der Waals surface area contributed by atoms with E-state index >= 15 is 0 Å². The number of nitrogens with one attached hydrogen (secondary N) is 1. The minimum absolute atomic E-state index is 0.168. The molecule has 6 heteroatoms. The molecule has 0 radical (unpaired) electrons. The molecule has 1 atom stereocenters. The predicted molar refractivity (Wildman–Crippen MR) is 92.7 cm³/mol. The van der Waals surface area contributed by atoms with Gasteiger partial charge in [0.05, 0.1) is 6.10 Å². The van der Waals surface area contributed by atoms with Crippen molar-refractivity contribution in [2.24, 2.45) is 0 Å². The van der Waals surface area contributed by atoms with E-state index < -0.39 is 6.10 Å². The minimum atomic E-state index is -0.525. The molecule has 2 N–H and O–H groups in total. The molecular weight excluding hydrogens is 292 g/mol. The lowest BCUT2D eigenvalue weighted by Crippen LogP contribution is -2.45. The van der Waals surface area contributed by atoms with Crippen LogP contribution < -0.4 is 10.2 Å². The number of carbonyl (C=O) groups is 1. The number of hydrogen-bond donors (Lipinski definition) is 2. The zero-order valence-corrected chi connectivity index (χ0v) is 14.3. The highest BCUT2D eigenvalue weighted by molar-refractivity contribution is 5.74. The number of para-hydroxylation sites is 1. The smallest absolute Gasteiger partial charge is 0.317 e. The molecule has 0 spiro atoms. The van der Waals surface area contributed by atoms with Crippen LogP contribution in [0.2, 0.25) is 0 Å². The van der Waals surface area contributed by atoms with Gasteiger partial charge in [-0.1, -0.05) is 18.2 Å². The summed E-state index contributed by atoms with van der Waals surface area (Å²) in [5, 5.41) is 12.3. The Morgan fingerprint density at radius 2 is 1.96 bits per heavy atom. The lowest BCUT2D eigenvalue weighted by atomic mass is 10.1. The van der Waals surface area contributed by atoms with E-state index in [4.69, 9.17) is 0 Å². The van der Waals surface area contributed by atoms with Gasteiger partial charge in [0.15, 0.2) is 0 Å². The van der Waals surface area contributed by atoms with E-state index in [1.54, 1.807) is 14.0 Å². The van der Waals surface area contributed by atoms with Gasteiger partial charge >= 0.3 is 6.03 Å². The molecule has 1 aliphatic heterocycles. The summed E-state index contributed by atoms with van der Waals surface area (Å²) in [6.07, 6.45) is -0.525. The summed E-state index contributed by atoms with van der Waals surface area (Å²) in [6.45, 7) is 6.60. The van der Waals surface area contributed by atoms with Crippen LogP contribution in [0.4, 0.5) is 10.5 Å². The van der Waals surface area contributed by atoms with E-state index in [9.17, 15) is 9.90 Å². The number of aliphatic hydroxyl groups is 1. The lowest BCUT2D eigenvalue weighted by Gasteiger charge is -2.35. The highest BCUT2D eigenvalue weighted by Crippen LogP contribution is 2.21. The van der Waals surface area contributed by atoms with E-state index in [0.29, 0.717) is 13.1 Å². The summed E-state index contributed by atoms with van der Waals surface area (Å²) in [5.74, 6) is 0. The quantitative estimate of drug-likeness (QED) is 0.848. The second-order valence-corrected chi connectivity index (χ2v) is 6.31. The Morgan fingerprint density at radius 1 is 1.30 bits per heavy atom. The number of nitrogens with zero attached hydrogens (tertiary/aromatic N) is 3. The third kappa shape index (κ3) is 5.11.